The van der Waals surface area contributed by atoms with Gasteiger partial charge in [-0.3, -0.25) is 0 Å². The van der Waals surface area contributed by atoms with Crippen molar-refractivity contribution in [3.8, 4) is 11.1 Å². The van der Waals surface area contributed by atoms with Gasteiger partial charge < -0.3 is 4.74 Å². The van der Waals surface area contributed by atoms with Crippen molar-refractivity contribution in [1.29, 1.82) is 0 Å². The molecule has 2 nitrogen and oxygen atoms in total. The molecule has 2 aliphatic carbocycles. The van der Waals surface area contributed by atoms with Gasteiger partial charge in [0.25, 0.3) is 0 Å². The molecule has 118 valence electrons. The highest BCUT2D eigenvalue weighted by atomic mass is 16.5. The third-order valence-electron chi connectivity index (χ3n) is 5.54. The summed E-state index contributed by atoms with van der Waals surface area (Å²) in [6.45, 7) is 0.598. The fourth-order valence-corrected chi connectivity index (χ4v) is 4.28. The van der Waals surface area contributed by atoms with E-state index in [0.29, 0.717) is 18.1 Å². The fraction of sp³-hybridized carbons (Fsp3) is 0.381. The predicted molar refractivity (Wildman–Crippen MR) is 91.1 cm³/mol. The summed E-state index contributed by atoms with van der Waals surface area (Å²) < 4.78 is 5.57. The molecule has 0 radical (unpaired) electrons. The molecule has 2 heteroatoms. The van der Waals surface area contributed by atoms with Crippen molar-refractivity contribution in [3.63, 3.8) is 0 Å². The molecule has 2 aromatic rings. The summed E-state index contributed by atoms with van der Waals surface area (Å²) in [7, 11) is 0. The van der Waals surface area contributed by atoms with Crippen LogP contribution in [0.2, 0.25) is 0 Å². The number of hydrogen-bond donors (Lipinski definition) is 0. The molecule has 0 aliphatic heterocycles. The third-order valence-corrected chi connectivity index (χ3v) is 5.54. The van der Waals surface area contributed by atoms with Crippen LogP contribution in [0.1, 0.15) is 36.0 Å². The second kappa shape index (κ2) is 6.19. The zero-order chi connectivity index (χ0) is 15.6. The molecule has 0 spiro atoms. The zero-order valence-electron chi connectivity index (χ0n) is 13.3. The maximum absolute atomic E-state index is 12.2. The topological polar surface area (TPSA) is 26.3 Å². The lowest BCUT2D eigenvalue weighted by Gasteiger charge is -2.21. The Morgan fingerprint density at radius 1 is 0.913 bits per heavy atom. The van der Waals surface area contributed by atoms with E-state index < -0.39 is 0 Å². The Bertz CT molecular complexity index is 675. The molecule has 0 aromatic heterocycles. The van der Waals surface area contributed by atoms with Gasteiger partial charge in [-0.25, -0.2) is 4.79 Å². The smallest absolute Gasteiger partial charge is 0.338 e. The molecule has 2 saturated carbocycles. The van der Waals surface area contributed by atoms with E-state index in [-0.39, 0.29) is 5.97 Å². The largest absolute Gasteiger partial charge is 0.462 e. The Kier molecular flexibility index (Phi) is 3.90. The first-order valence-electron chi connectivity index (χ1n) is 8.62. The van der Waals surface area contributed by atoms with Crippen molar-refractivity contribution in [2.75, 3.05) is 6.61 Å². The van der Waals surface area contributed by atoms with Gasteiger partial charge in [0, 0.05) is 0 Å². The van der Waals surface area contributed by atoms with Crippen LogP contribution in [0.5, 0.6) is 0 Å². The molecule has 3 atom stereocenters. The lowest BCUT2D eigenvalue weighted by Crippen LogP contribution is -2.19. The molecule has 4 rings (SSSR count). The van der Waals surface area contributed by atoms with Gasteiger partial charge in [0.1, 0.15) is 0 Å². The van der Waals surface area contributed by atoms with Crippen molar-refractivity contribution >= 4 is 5.97 Å². The van der Waals surface area contributed by atoms with Crippen LogP contribution < -0.4 is 0 Å². The molecule has 2 aliphatic rings. The average molecular weight is 306 g/mol. The minimum absolute atomic E-state index is 0.188. The number of benzene rings is 2. The van der Waals surface area contributed by atoms with Crippen LogP contribution >= 0.6 is 0 Å². The van der Waals surface area contributed by atoms with Crippen molar-refractivity contribution in [2.45, 2.75) is 25.7 Å². The summed E-state index contributed by atoms with van der Waals surface area (Å²) in [5.41, 5.74) is 2.93. The first kappa shape index (κ1) is 14.5. The molecule has 0 amide bonds. The summed E-state index contributed by atoms with van der Waals surface area (Å²) in [6.07, 6.45) is 5.33. The standard InChI is InChI=1S/C21H22O2/c22-21(23-14-20-13-15-6-7-19(20)12-15)18-10-8-17(9-11-18)16-4-2-1-3-5-16/h1-5,8-11,15,19-20H,6-7,12-14H2. The molecule has 2 bridgehead atoms. The Labute approximate surface area is 137 Å². The summed E-state index contributed by atoms with van der Waals surface area (Å²) in [5.74, 6) is 2.11. The lowest BCUT2D eigenvalue weighted by molar-refractivity contribution is 0.0394. The van der Waals surface area contributed by atoms with Crippen LogP contribution in [0.25, 0.3) is 11.1 Å². The molecule has 23 heavy (non-hydrogen) atoms. The van der Waals surface area contributed by atoms with E-state index in [4.69, 9.17) is 4.74 Å². The third kappa shape index (κ3) is 3.03. The molecule has 0 saturated heterocycles. The lowest BCUT2D eigenvalue weighted by atomic mass is 9.89. The van der Waals surface area contributed by atoms with E-state index in [1.807, 2.05) is 42.5 Å². The van der Waals surface area contributed by atoms with Crippen molar-refractivity contribution in [3.05, 3.63) is 60.2 Å². The van der Waals surface area contributed by atoms with E-state index in [1.54, 1.807) is 0 Å². The zero-order valence-corrected chi connectivity index (χ0v) is 13.3. The Morgan fingerprint density at radius 2 is 1.65 bits per heavy atom. The van der Waals surface area contributed by atoms with Gasteiger partial charge in [-0.05, 0) is 60.3 Å². The number of esters is 1. The highest BCUT2D eigenvalue weighted by molar-refractivity contribution is 5.90. The molecular formula is C21H22O2. The molecule has 2 fully saturated rings. The van der Waals surface area contributed by atoms with Crippen molar-refractivity contribution in [2.24, 2.45) is 17.8 Å². The van der Waals surface area contributed by atoms with Gasteiger partial charge in [-0.15, -0.1) is 0 Å². The quantitative estimate of drug-likeness (QED) is 0.747. The van der Waals surface area contributed by atoms with Crippen LogP contribution in [0, 0.1) is 17.8 Å². The monoisotopic (exact) mass is 306 g/mol. The number of hydrogen-bond acceptors (Lipinski definition) is 2. The van der Waals surface area contributed by atoms with Crippen LogP contribution in [0.4, 0.5) is 0 Å². The predicted octanol–water partition coefficient (Wildman–Crippen LogP) is 4.95. The maximum Gasteiger partial charge on any atom is 0.338 e. The maximum atomic E-state index is 12.2. The first-order chi connectivity index (χ1) is 11.3. The SMILES string of the molecule is O=C(OCC1CC2CCC1C2)c1ccc(-c2ccccc2)cc1. The van der Waals surface area contributed by atoms with Crippen LogP contribution in [-0.2, 0) is 4.74 Å². The Hall–Kier alpha value is -2.09. The second-order valence-corrected chi connectivity index (χ2v) is 6.98. The van der Waals surface area contributed by atoms with Crippen molar-refractivity contribution < 1.29 is 9.53 Å². The fourth-order valence-electron chi connectivity index (χ4n) is 4.28. The molecule has 0 N–H and O–H groups in total. The van der Waals surface area contributed by atoms with E-state index in [1.165, 1.54) is 25.7 Å². The second-order valence-electron chi connectivity index (χ2n) is 6.98. The van der Waals surface area contributed by atoms with Crippen molar-refractivity contribution in [1.82, 2.24) is 0 Å². The van der Waals surface area contributed by atoms with Gasteiger partial charge in [-0.2, -0.15) is 0 Å². The molecule has 0 heterocycles. The van der Waals surface area contributed by atoms with Gasteiger partial charge in [-0.1, -0.05) is 48.9 Å². The first-order valence-corrected chi connectivity index (χ1v) is 8.62. The average Bonchev–Trinajstić information content (AvgIpc) is 3.24. The Morgan fingerprint density at radius 3 is 2.30 bits per heavy atom. The number of fused-ring (bicyclic) bond motifs is 2. The normalized spacial score (nSPS) is 25.5. The minimum Gasteiger partial charge on any atom is -0.462 e. The summed E-state index contributed by atoms with van der Waals surface area (Å²) in [5, 5.41) is 0. The van der Waals surface area contributed by atoms with E-state index >= 15 is 0 Å². The summed E-state index contributed by atoms with van der Waals surface area (Å²) in [6, 6.07) is 17.9. The summed E-state index contributed by atoms with van der Waals surface area (Å²) >= 11 is 0. The van der Waals surface area contributed by atoms with Gasteiger partial charge in [0.2, 0.25) is 0 Å². The van der Waals surface area contributed by atoms with Gasteiger partial charge >= 0.3 is 5.97 Å². The molecule has 3 unspecified atom stereocenters. The van der Waals surface area contributed by atoms with Crippen LogP contribution in [0.3, 0.4) is 0 Å². The Balaban J connectivity index is 1.37. The van der Waals surface area contributed by atoms with Gasteiger partial charge in [0.15, 0.2) is 0 Å². The molecular weight excluding hydrogens is 284 g/mol. The van der Waals surface area contributed by atoms with Crippen LogP contribution in [0.15, 0.2) is 54.6 Å². The van der Waals surface area contributed by atoms with E-state index in [2.05, 4.69) is 12.1 Å². The highest BCUT2D eigenvalue weighted by Crippen LogP contribution is 2.48. The van der Waals surface area contributed by atoms with Crippen LogP contribution in [-0.4, -0.2) is 12.6 Å². The van der Waals surface area contributed by atoms with Gasteiger partial charge in [0.05, 0.1) is 12.2 Å². The van der Waals surface area contributed by atoms with E-state index in [9.17, 15) is 4.79 Å². The molecule has 2 aromatic carbocycles. The number of ether oxygens (including phenoxy) is 1. The van der Waals surface area contributed by atoms with E-state index in [0.717, 1.165) is 23.0 Å². The number of rotatable bonds is 4. The summed E-state index contributed by atoms with van der Waals surface area (Å²) in [4.78, 5) is 12.2. The number of carbonyl (C=O) groups is 1. The number of carbonyl (C=O) groups excluding carboxylic acids is 1. The highest BCUT2D eigenvalue weighted by Gasteiger charge is 2.39. The minimum atomic E-state index is -0.188.